The Morgan fingerprint density at radius 3 is 2.73 bits per heavy atom. The standard InChI is InChI=1S/C11H9N3O/c1-15-10-4-5-13-11(9(10)8-12)14-6-2-3-7-14/h2-7H,1H3. The molecule has 15 heavy (non-hydrogen) atoms. The Morgan fingerprint density at radius 1 is 1.40 bits per heavy atom. The highest BCUT2D eigenvalue weighted by atomic mass is 16.5. The quantitative estimate of drug-likeness (QED) is 0.740. The van der Waals surface area contributed by atoms with Gasteiger partial charge in [0.2, 0.25) is 0 Å². The van der Waals surface area contributed by atoms with Crippen LogP contribution in [0, 0.1) is 11.3 Å². The summed E-state index contributed by atoms with van der Waals surface area (Å²) in [6, 6.07) is 7.52. The number of ether oxygens (including phenoxy) is 1. The predicted octanol–water partition coefficient (Wildman–Crippen LogP) is 1.75. The lowest BCUT2D eigenvalue weighted by molar-refractivity contribution is 0.412. The second kappa shape index (κ2) is 3.84. The first kappa shape index (κ1) is 9.28. The zero-order valence-electron chi connectivity index (χ0n) is 8.21. The second-order valence-corrected chi connectivity index (χ2v) is 2.91. The first-order chi connectivity index (χ1) is 7.36. The predicted molar refractivity (Wildman–Crippen MR) is 54.8 cm³/mol. The molecule has 0 fully saturated rings. The maximum atomic E-state index is 9.05. The van der Waals surface area contributed by atoms with E-state index < -0.39 is 0 Å². The summed E-state index contributed by atoms with van der Waals surface area (Å²) in [5.74, 6) is 1.12. The minimum absolute atomic E-state index is 0.441. The van der Waals surface area contributed by atoms with Crippen molar-refractivity contribution >= 4 is 0 Å². The van der Waals surface area contributed by atoms with E-state index >= 15 is 0 Å². The van der Waals surface area contributed by atoms with Gasteiger partial charge in [-0.3, -0.25) is 0 Å². The number of methoxy groups -OCH3 is 1. The molecule has 0 aromatic carbocycles. The minimum atomic E-state index is 0.441. The van der Waals surface area contributed by atoms with Crippen LogP contribution >= 0.6 is 0 Å². The molecule has 0 saturated heterocycles. The summed E-state index contributed by atoms with van der Waals surface area (Å²) >= 11 is 0. The topological polar surface area (TPSA) is 50.8 Å². The van der Waals surface area contributed by atoms with E-state index in [1.54, 1.807) is 16.8 Å². The average molecular weight is 199 g/mol. The Kier molecular flexibility index (Phi) is 2.38. The lowest BCUT2D eigenvalue weighted by Crippen LogP contribution is -2.00. The van der Waals surface area contributed by atoms with Crippen LogP contribution < -0.4 is 4.74 Å². The number of nitrogens with zero attached hydrogens (tertiary/aromatic N) is 3. The highest BCUT2D eigenvalue weighted by Crippen LogP contribution is 2.21. The number of pyridine rings is 1. The van der Waals surface area contributed by atoms with Crippen LogP contribution in [-0.2, 0) is 0 Å². The van der Waals surface area contributed by atoms with Crippen LogP contribution in [0.2, 0.25) is 0 Å². The Hall–Kier alpha value is -2.28. The third kappa shape index (κ3) is 1.55. The SMILES string of the molecule is COc1ccnc(-n2cccc2)c1C#N. The Labute approximate surface area is 87.4 Å². The summed E-state index contributed by atoms with van der Waals surface area (Å²) < 4.78 is 6.88. The third-order valence-corrected chi connectivity index (χ3v) is 2.07. The molecule has 0 saturated carbocycles. The molecule has 2 heterocycles. The van der Waals surface area contributed by atoms with Crippen LogP contribution in [0.1, 0.15) is 5.56 Å². The number of hydrogen-bond donors (Lipinski definition) is 0. The molecule has 0 aliphatic heterocycles. The highest BCUT2D eigenvalue weighted by molar-refractivity contribution is 5.52. The van der Waals surface area contributed by atoms with Gasteiger partial charge in [0, 0.05) is 18.6 Å². The fourth-order valence-electron chi connectivity index (χ4n) is 1.38. The molecule has 0 atom stereocenters. The van der Waals surface area contributed by atoms with Crippen molar-refractivity contribution in [2.75, 3.05) is 7.11 Å². The van der Waals surface area contributed by atoms with Crippen LogP contribution in [0.15, 0.2) is 36.8 Å². The second-order valence-electron chi connectivity index (χ2n) is 2.91. The van der Waals surface area contributed by atoms with E-state index in [0.717, 1.165) is 0 Å². The summed E-state index contributed by atoms with van der Waals surface area (Å²) in [7, 11) is 1.54. The molecule has 0 aliphatic rings. The largest absolute Gasteiger partial charge is 0.495 e. The first-order valence-corrected chi connectivity index (χ1v) is 4.43. The van der Waals surface area contributed by atoms with Crippen LogP contribution in [0.25, 0.3) is 5.82 Å². The smallest absolute Gasteiger partial charge is 0.158 e. The van der Waals surface area contributed by atoms with Crippen molar-refractivity contribution in [2.24, 2.45) is 0 Å². The van der Waals surface area contributed by atoms with Crippen molar-refractivity contribution < 1.29 is 4.74 Å². The minimum Gasteiger partial charge on any atom is -0.495 e. The molecule has 0 N–H and O–H groups in total. The molecule has 74 valence electrons. The molecule has 0 radical (unpaired) electrons. The van der Waals surface area contributed by atoms with Crippen LogP contribution in [0.3, 0.4) is 0 Å². The van der Waals surface area contributed by atoms with Gasteiger partial charge in [-0.15, -0.1) is 0 Å². The van der Waals surface area contributed by atoms with Gasteiger partial charge >= 0.3 is 0 Å². The van der Waals surface area contributed by atoms with Gasteiger partial charge in [-0.1, -0.05) is 0 Å². The monoisotopic (exact) mass is 199 g/mol. The van der Waals surface area contributed by atoms with E-state index in [0.29, 0.717) is 17.1 Å². The van der Waals surface area contributed by atoms with E-state index in [1.807, 2.05) is 24.5 Å². The summed E-state index contributed by atoms with van der Waals surface area (Å²) in [6.45, 7) is 0. The Balaban J connectivity index is 2.63. The van der Waals surface area contributed by atoms with E-state index in [2.05, 4.69) is 11.1 Å². The first-order valence-electron chi connectivity index (χ1n) is 4.43. The van der Waals surface area contributed by atoms with Crippen molar-refractivity contribution in [3.8, 4) is 17.6 Å². The summed E-state index contributed by atoms with van der Waals surface area (Å²) in [4.78, 5) is 4.16. The molecule has 0 aliphatic carbocycles. The van der Waals surface area contributed by atoms with Gasteiger partial charge in [0.1, 0.15) is 17.4 Å². The molecule has 2 aromatic rings. The number of rotatable bonds is 2. The fraction of sp³-hybridized carbons (Fsp3) is 0.0909. The lowest BCUT2D eigenvalue weighted by Gasteiger charge is -2.07. The maximum absolute atomic E-state index is 9.05. The van der Waals surface area contributed by atoms with Crippen LogP contribution in [0.5, 0.6) is 5.75 Å². The summed E-state index contributed by atoms with van der Waals surface area (Å²) in [6.07, 6.45) is 5.29. The summed E-state index contributed by atoms with van der Waals surface area (Å²) in [5.41, 5.74) is 0.441. The number of hydrogen-bond acceptors (Lipinski definition) is 3. The van der Waals surface area contributed by atoms with Gasteiger partial charge in [-0.25, -0.2) is 4.98 Å². The van der Waals surface area contributed by atoms with Gasteiger partial charge in [-0.05, 0) is 18.2 Å². The molecule has 2 aromatic heterocycles. The van der Waals surface area contributed by atoms with Crippen molar-refractivity contribution in [1.82, 2.24) is 9.55 Å². The van der Waals surface area contributed by atoms with E-state index in [4.69, 9.17) is 10.00 Å². The van der Waals surface area contributed by atoms with Gasteiger partial charge in [-0.2, -0.15) is 5.26 Å². The van der Waals surface area contributed by atoms with Crippen molar-refractivity contribution in [1.29, 1.82) is 5.26 Å². The van der Waals surface area contributed by atoms with Crippen LogP contribution in [-0.4, -0.2) is 16.7 Å². The normalized spacial score (nSPS) is 9.60. The Bertz CT molecular complexity index is 497. The van der Waals surface area contributed by atoms with Crippen molar-refractivity contribution in [3.05, 3.63) is 42.4 Å². The zero-order valence-corrected chi connectivity index (χ0v) is 8.21. The highest BCUT2D eigenvalue weighted by Gasteiger charge is 2.10. The van der Waals surface area contributed by atoms with Crippen molar-refractivity contribution in [3.63, 3.8) is 0 Å². The lowest BCUT2D eigenvalue weighted by atomic mass is 10.2. The molecule has 0 amide bonds. The maximum Gasteiger partial charge on any atom is 0.158 e. The van der Waals surface area contributed by atoms with Gasteiger partial charge in [0.05, 0.1) is 7.11 Å². The fourth-order valence-corrected chi connectivity index (χ4v) is 1.38. The molecule has 4 heteroatoms. The van der Waals surface area contributed by atoms with E-state index in [-0.39, 0.29) is 0 Å². The molecular weight excluding hydrogens is 190 g/mol. The molecule has 4 nitrogen and oxygen atoms in total. The van der Waals surface area contributed by atoms with Gasteiger partial charge < -0.3 is 9.30 Å². The number of aromatic nitrogens is 2. The molecule has 0 bridgehead atoms. The van der Waals surface area contributed by atoms with E-state index in [9.17, 15) is 0 Å². The Morgan fingerprint density at radius 2 is 2.13 bits per heavy atom. The van der Waals surface area contributed by atoms with Crippen LogP contribution in [0.4, 0.5) is 0 Å². The van der Waals surface area contributed by atoms with Crippen molar-refractivity contribution in [2.45, 2.75) is 0 Å². The molecular formula is C11H9N3O. The molecule has 0 unspecified atom stereocenters. The zero-order chi connectivity index (χ0) is 10.7. The molecule has 0 spiro atoms. The van der Waals surface area contributed by atoms with Gasteiger partial charge in [0.15, 0.2) is 5.82 Å². The third-order valence-electron chi connectivity index (χ3n) is 2.07. The summed E-state index contributed by atoms with van der Waals surface area (Å²) in [5, 5.41) is 9.05. The average Bonchev–Trinajstić information content (AvgIpc) is 2.81. The van der Waals surface area contributed by atoms with E-state index in [1.165, 1.54) is 7.11 Å². The van der Waals surface area contributed by atoms with Gasteiger partial charge in [0.25, 0.3) is 0 Å². The molecule has 2 rings (SSSR count). The number of nitriles is 1.